The lowest BCUT2D eigenvalue weighted by Crippen LogP contribution is -2.25. The average molecular weight is 224 g/mol. The second kappa shape index (κ2) is 5.65. The molecule has 0 atom stereocenters. The number of nitrogens with two attached hydrogens (primary N) is 1. The molecule has 1 aromatic heterocycles. The summed E-state index contributed by atoms with van der Waals surface area (Å²) in [4.78, 5) is 8.10. The fourth-order valence-electron chi connectivity index (χ4n) is 1.26. The van der Waals surface area contributed by atoms with Gasteiger partial charge in [-0.1, -0.05) is 13.8 Å². The van der Waals surface area contributed by atoms with Gasteiger partial charge >= 0.3 is 0 Å². The van der Waals surface area contributed by atoms with Gasteiger partial charge < -0.3 is 15.8 Å². The first-order chi connectivity index (χ1) is 7.53. The number of methoxy groups -OCH3 is 1. The lowest BCUT2D eigenvalue weighted by atomic mass is 9.90. The highest BCUT2D eigenvalue weighted by Gasteiger charge is 2.17. The Morgan fingerprint density at radius 1 is 1.44 bits per heavy atom. The topological polar surface area (TPSA) is 73.1 Å². The number of anilines is 2. The summed E-state index contributed by atoms with van der Waals surface area (Å²) < 4.78 is 5.07. The zero-order valence-corrected chi connectivity index (χ0v) is 10.2. The van der Waals surface area contributed by atoms with Gasteiger partial charge in [0.05, 0.1) is 12.4 Å². The maximum Gasteiger partial charge on any atom is 0.146 e. The van der Waals surface area contributed by atoms with Crippen LogP contribution in [0.1, 0.15) is 20.3 Å². The van der Waals surface area contributed by atoms with Crippen LogP contribution in [0.3, 0.4) is 0 Å². The van der Waals surface area contributed by atoms with Gasteiger partial charge in [0.2, 0.25) is 0 Å². The number of hydrogen-bond donors (Lipinski definition) is 2. The van der Waals surface area contributed by atoms with Crippen molar-refractivity contribution in [3.05, 3.63) is 12.4 Å². The van der Waals surface area contributed by atoms with E-state index in [1.807, 2.05) is 0 Å². The maximum atomic E-state index is 5.54. The number of nitrogen functional groups attached to an aromatic ring is 1. The van der Waals surface area contributed by atoms with Crippen LogP contribution in [0.5, 0.6) is 0 Å². The molecule has 0 saturated heterocycles. The highest BCUT2D eigenvalue weighted by molar-refractivity contribution is 5.38. The van der Waals surface area contributed by atoms with Gasteiger partial charge in [-0.3, -0.25) is 4.98 Å². The normalized spacial score (nSPS) is 11.4. The molecule has 0 aromatic carbocycles. The summed E-state index contributed by atoms with van der Waals surface area (Å²) in [7, 11) is 1.72. The summed E-state index contributed by atoms with van der Waals surface area (Å²) in [5.74, 6) is 1.14. The molecule has 5 nitrogen and oxygen atoms in total. The first-order valence-corrected chi connectivity index (χ1v) is 5.34. The molecule has 16 heavy (non-hydrogen) atoms. The molecule has 0 amide bonds. The van der Waals surface area contributed by atoms with Crippen LogP contribution in [0.2, 0.25) is 0 Å². The molecule has 0 unspecified atom stereocenters. The molecule has 0 radical (unpaired) electrons. The molecule has 0 aliphatic carbocycles. The van der Waals surface area contributed by atoms with Gasteiger partial charge in [-0.15, -0.1) is 0 Å². The number of aromatic nitrogens is 2. The van der Waals surface area contributed by atoms with E-state index in [1.54, 1.807) is 13.3 Å². The van der Waals surface area contributed by atoms with E-state index >= 15 is 0 Å². The van der Waals surface area contributed by atoms with Crippen LogP contribution < -0.4 is 11.1 Å². The summed E-state index contributed by atoms with van der Waals surface area (Å²) in [6.45, 7) is 5.93. The molecule has 0 aliphatic rings. The Bertz CT molecular complexity index is 328. The number of ether oxygens (including phenoxy) is 1. The van der Waals surface area contributed by atoms with Gasteiger partial charge in [-0.25, -0.2) is 4.98 Å². The minimum atomic E-state index is 0.155. The van der Waals surface area contributed by atoms with Crippen molar-refractivity contribution in [3.8, 4) is 0 Å². The zero-order valence-electron chi connectivity index (χ0n) is 10.2. The lowest BCUT2D eigenvalue weighted by Gasteiger charge is -2.24. The monoisotopic (exact) mass is 224 g/mol. The molecule has 0 saturated carbocycles. The molecule has 0 fully saturated rings. The summed E-state index contributed by atoms with van der Waals surface area (Å²) in [6.07, 6.45) is 4.19. The number of rotatable bonds is 6. The van der Waals surface area contributed by atoms with Crippen molar-refractivity contribution in [1.82, 2.24) is 9.97 Å². The minimum Gasteiger partial charge on any atom is -0.385 e. The van der Waals surface area contributed by atoms with E-state index in [2.05, 4.69) is 29.1 Å². The summed E-state index contributed by atoms with van der Waals surface area (Å²) in [5.41, 5.74) is 5.70. The molecule has 1 rings (SSSR count). The number of nitrogens with one attached hydrogen (secondary N) is 1. The van der Waals surface area contributed by atoms with Crippen LogP contribution in [0.25, 0.3) is 0 Å². The predicted octanol–water partition coefficient (Wildman–Crippen LogP) is 1.53. The van der Waals surface area contributed by atoms with Gasteiger partial charge in [-0.2, -0.15) is 0 Å². The first kappa shape index (κ1) is 12.7. The standard InChI is InChI=1S/C11H20N4O/c1-11(2,4-5-16-3)8-14-10-7-13-6-9(12)15-10/h6-7H,4-5,8H2,1-3H3,(H3,12,14,15). The highest BCUT2D eigenvalue weighted by atomic mass is 16.5. The SMILES string of the molecule is COCCC(C)(C)CNc1cncc(N)n1. The van der Waals surface area contributed by atoms with Gasteiger partial charge in [0.15, 0.2) is 0 Å². The zero-order chi connectivity index (χ0) is 12.0. The molecule has 5 heteroatoms. The Hall–Kier alpha value is -1.36. The first-order valence-electron chi connectivity index (χ1n) is 5.34. The molecular formula is C11H20N4O. The third kappa shape index (κ3) is 4.44. The summed E-state index contributed by atoms with van der Waals surface area (Å²) in [5, 5.41) is 3.23. The van der Waals surface area contributed by atoms with Crippen molar-refractivity contribution in [3.63, 3.8) is 0 Å². The van der Waals surface area contributed by atoms with E-state index in [0.717, 1.165) is 19.6 Å². The molecular weight excluding hydrogens is 204 g/mol. The Balaban J connectivity index is 2.44. The summed E-state index contributed by atoms with van der Waals surface area (Å²) in [6, 6.07) is 0. The quantitative estimate of drug-likeness (QED) is 0.766. The van der Waals surface area contributed by atoms with Crippen molar-refractivity contribution < 1.29 is 4.74 Å². The molecule has 90 valence electrons. The Morgan fingerprint density at radius 2 is 2.19 bits per heavy atom. The van der Waals surface area contributed by atoms with Gasteiger partial charge in [0.25, 0.3) is 0 Å². The highest BCUT2D eigenvalue weighted by Crippen LogP contribution is 2.20. The molecule has 1 aromatic rings. The fraction of sp³-hybridized carbons (Fsp3) is 0.636. The van der Waals surface area contributed by atoms with Crippen LogP contribution >= 0.6 is 0 Å². The van der Waals surface area contributed by atoms with Gasteiger partial charge in [-0.05, 0) is 11.8 Å². The van der Waals surface area contributed by atoms with E-state index in [4.69, 9.17) is 10.5 Å². The van der Waals surface area contributed by atoms with Gasteiger partial charge in [0, 0.05) is 20.3 Å². The molecule has 0 aliphatic heterocycles. The smallest absolute Gasteiger partial charge is 0.146 e. The van der Waals surface area contributed by atoms with Gasteiger partial charge in [0.1, 0.15) is 11.6 Å². The van der Waals surface area contributed by atoms with Crippen molar-refractivity contribution in [2.24, 2.45) is 5.41 Å². The van der Waals surface area contributed by atoms with Crippen LogP contribution in [0.15, 0.2) is 12.4 Å². The Morgan fingerprint density at radius 3 is 2.81 bits per heavy atom. The second-order valence-corrected chi connectivity index (χ2v) is 4.59. The number of nitrogens with zero attached hydrogens (tertiary/aromatic N) is 2. The lowest BCUT2D eigenvalue weighted by molar-refractivity contribution is 0.157. The largest absolute Gasteiger partial charge is 0.385 e. The fourth-order valence-corrected chi connectivity index (χ4v) is 1.26. The van der Waals surface area contributed by atoms with Crippen molar-refractivity contribution in [2.75, 3.05) is 31.3 Å². The van der Waals surface area contributed by atoms with E-state index < -0.39 is 0 Å². The summed E-state index contributed by atoms with van der Waals surface area (Å²) >= 11 is 0. The van der Waals surface area contributed by atoms with Crippen LogP contribution in [-0.2, 0) is 4.74 Å². The van der Waals surface area contributed by atoms with E-state index in [1.165, 1.54) is 6.20 Å². The molecule has 0 spiro atoms. The van der Waals surface area contributed by atoms with E-state index in [9.17, 15) is 0 Å². The maximum absolute atomic E-state index is 5.54. The average Bonchev–Trinajstić information content (AvgIpc) is 2.24. The van der Waals surface area contributed by atoms with Crippen LogP contribution in [-0.4, -0.2) is 30.2 Å². The number of hydrogen-bond acceptors (Lipinski definition) is 5. The molecule has 0 bridgehead atoms. The van der Waals surface area contributed by atoms with E-state index in [-0.39, 0.29) is 5.41 Å². The molecule has 3 N–H and O–H groups in total. The van der Waals surface area contributed by atoms with Crippen molar-refractivity contribution >= 4 is 11.6 Å². The Labute approximate surface area is 96.4 Å². The second-order valence-electron chi connectivity index (χ2n) is 4.59. The third-order valence-electron chi connectivity index (χ3n) is 2.38. The van der Waals surface area contributed by atoms with Crippen LogP contribution in [0.4, 0.5) is 11.6 Å². The minimum absolute atomic E-state index is 0.155. The van der Waals surface area contributed by atoms with Crippen molar-refractivity contribution in [2.45, 2.75) is 20.3 Å². The predicted molar refractivity (Wildman–Crippen MR) is 65.2 cm³/mol. The van der Waals surface area contributed by atoms with E-state index in [0.29, 0.717) is 11.6 Å². The van der Waals surface area contributed by atoms with Crippen LogP contribution in [0, 0.1) is 5.41 Å². The Kier molecular flexibility index (Phi) is 4.49. The molecule has 1 heterocycles. The van der Waals surface area contributed by atoms with Crippen molar-refractivity contribution in [1.29, 1.82) is 0 Å². The third-order valence-corrected chi connectivity index (χ3v) is 2.38.